The third-order valence-corrected chi connectivity index (χ3v) is 3.09. The topological polar surface area (TPSA) is 24.5 Å². The van der Waals surface area contributed by atoms with E-state index in [2.05, 4.69) is 41.4 Å². The van der Waals surface area contributed by atoms with E-state index in [9.17, 15) is 0 Å². The summed E-state index contributed by atoms with van der Waals surface area (Å²) in [6.45, 7) is 9.39. The van der Waals surface area contributed by atoms with Gasteiger partial charge in [-0.15, -0.1) is 12.4 Å². The summed E-state index contributed by atoms with van der Waals surface area (Å²) in [5.41, 5.74) is 1.36. The maximum Gasteiger partial charge on any atom is 0.119 e. The summed E-state index contributed by atoms with van der Waals surface area (Å²) < 4.78 is 5.44. The first-order chi connectivity index (χ1) is 8.28. The first-order valence-corrected chi connectivity index (χ1v) is 6.45. The van der Waals surface area contributed by atoms with Crippen LogP contribution in [-0.2, 0) is 6.54 Å². The van der Waals surface area contributed by atoms with Gasteiger partial charge in [0.25, 0.3) is 0 Å². The zero-order valence-electron chi connectivity index (χ0n) is 11.2. The third kappa shape index (κ3) is 4.48. The van der Waals surface area contributed by atoms with Crippen LogP contribution < -0.4 is 10.1 Å². The first kappa shape index (κ1) is 15.3. The highest BCUT2D eigenvalue weighted by Gasteiger charge is 2.15. The summed E-state index contributed by atoms with van der Waals surface area (Å²) in [4.78, 5) is 2.50. The summed E-state index contributed by atoms with van der Waals surface area (Å²) >= 11 is 0. The molecule has 0 radical (unpaired) electrons. The summed E-state index contributed by atoms with van der Waals surface area (Å²) in [6.07, 6.45) is 0. The van der Waals surface area contributed by atoms with E-state index in [1.54, 1.807) is 0 Å². The quantitative estimate of drug-likeness (QED) is 0.909. The molecule has 1 aromatic carbocycles. The Kier molecular flexibility index (Phi) is 6.47. The Morgan fingerprint density at radius 3 is 2.67 bits per heavy atom. The van der Waals surface area contributed by atoms with Crippen LogP contribution in [0, 0.1) is 0 Å². The van der Waals surface area contributed by atoms with Crippen LogP contribution in [0.4, 0.5) is 0 Å². The average Bonchev–Trinajstić information content (AvgIpc) is 2.32. The predicted octanol–water partition coefficient (Wildman–Crippen LogP) is 2.30. The fraction of sp³-hybridized carbons (Fsp3) is 0.571. The van der Waals surface area contributed by atoms with Gasteiger partial charge in [-0.2, -0.15) is 0 Å². The Labute approximate surface area is 116 Å². The van der Waals surface area contributed by atoms with Crippen molar-refractivity contribution in [3.8, 4) is 5.75 Å². The second-order valence-electron chi connectivity index (χ2n) is 4.67. The second kappa shape index (κ2) is 7.62. The third-order valence-electron chi connectivity index (χ3n) is 3.09. The molecule has 18 heavy (non-hydrogen) atoms. The zero-order chi connectivity index (χ0) is 12.1. The first-order valence-electron chi connectivity index (χ1n) is 6.45. The number of nitrogens with one attached hydrogen (secondary N) is 1. The van der Waals surface area contributed by atoms with Crippen LogP contribution in [0.1, 0.15) is 19.4 Å². The smallest absolute Gasteiger partial charge is 0.119 e. The Morgan fingerprint density at radius 1 is 1.33 bits per heavy atom. The standard InChI is InChI=1S/C14H22N2O.ClH/c1-3-17-14-6-4-13(5-7-14)11-16-9-8-15-12(2)10-16;/h4-7,12,15H,3,8-11H2,1-2H3;1H. The highest BCUT2D eigenvalue weighted by atomic mass is 35.5. The van der Waals surface area contributed by atoms with Crippen LogP contribution in [0.25, 0.3) is 0 Å². The van der Waals surface area contributed by atoms with E-state index < -0.39 is 0 Å². The van der Waals surface area contributed by atoms with E-state index in [1.807, 2.05) is 6.92 Å². The molecule has 0 amide bonds. The van der Waals surface area contributed by atoms with E-state index in [1.165, 1.54) is 5.56 Å². The molecule has 3 nitrogen and oxygen atoms in total. The maximum absolute atomic E-state index is 5.44. The number of nitrogens with zero attached hydrogens (tertiary/aromatic N) is 1. The second-order valence-corrected chi connectivity index (χ2v) is 4.67. The molecule has 102 valence electrons. The maximum atomic E-state index is 5.44. The molecule has 1 aliphatic rings. The Bertz CT molecular complexity index is 342. The van der Waals surface area contributed by atoms with Crippen LogP contribution in [0.2, 0.25) is 0 Å². The van der Waals surface area contributed by atoms with E-state index in [4.69, 9.17) is 4.74 Å². The minimum absolute atomic E-state index is 0. The van der Waals surface area contributed by atoms with Crippen LogP contribution in [0.15, 0.2) is 24.3 Å². The van der Waals surface area contributed by atoms with Crippen molar-refractivity contribution in [1.82, 2.24) is 10.2 Å². The van der Waals surface area contributed by atoms with E-state index in [0.29, 0.717) is 6.04 Å². The molecule has 2 rings (SSSR count). The van der Waals surface area contributed by atoms with Crippen molar-refractivity contribution in [2.24, 2.45) is 0 Å². The van der Waals surface area contributed by atoms with Gasteiger partial charge in [-0.25, -0.2) is 0 Å². The van der Waals surface area contributed by atoms with E-state index in [0.717, 1.165) is 38.5 Å². The molecule has 0 saturated carbocycles. The predicted molar refractivity (Wildman–Crippen MR) is 77.6 cm³/mol. The van der Waals surface area contributed by atoms with Gasteiger partial charge < -0.3 is 10.1 Å². The molecule has 1 atom stereocenters. The zero-order valence-corrected chi connectivity index (χ0v) is 12.0. The highest BCUT2D eigenvalue weighted by molar-refractivity contribution is 5.85. The Hall–Kier alpha value is -0.770. The van der Waals surface area contributed by atoms with Crippen LogP contribution in [0.5, 0.6) is 5.75 Å². The number of ether oxygens (including phenoxy) is 1. The molecule has 1 fully saturated rings. The summed E-state index contributed by atoms with van der Waals surface area (Å²) in [5.74, 6) is 0.963. The summed E-state index contributed by atoms with van der Waals surface area (Å²) in [6, 6.07) is 9.05. The molecule has 1 aliphatic heterocycles. The van der Waals surface area contributed by atoms with Crippen LogP contribution in [0.3, 0.4) is 0 Å². The average molecular weight is 271 g/mol. The van der Waals surface area contributed by atoms with Crippen molar-refractivity contribution < 1.29 is 4.74 Å². The molecule has 1 unspecified atom stereocenters. The molecule has 4 heteroatoms. The fourth-order valence-electron chi connectivity index (χ4n) is 2.27. The van der Waals surface area contributed by atoms with Gasteiger partial charge in [0.15, 0.2) is 0 Å². The van der Waals surface area contributed by atoms with Crippen molar-refractivity contribution in [3.05, 3.63) is 29.8 Å². The summed E-state index contributed by atoms with van der Waals surface area (Å²) in [5, 5.41) is 3.46. The van der Waals surface area contributed by atoms with Gasteiger partial charge in [0, 0.05) is 32.2 Å². The van der Waals surface area contributed by atoms with Gasteiger partial charge in [0.1, 0.15) is 5.75 Å². The largest absolute Gasteiger partial charge is 0.494 e. The van der Waals surface area contributed by atoms with Crippen molar-refractivity contribution in [3.63, 3.8) is 0 Å². The lowest BCUT2D eigenvalue weighted by molar-refractivity contribution is 0.199. The minimum Gasteiger partial charge on any atom is -0.494 e. The van der Waals surface area contributed by atoms with Gasteiger partial charge in [-0.3, -0.25) is 4.90 Å². The minimum atomic E-state index is 0. The number of halogens is 1. The van der Waals surface area contributed by atoms with Crippen LogP contribution >= 0.6 is 12.4 Å². The molecule has 1 aromatic rings. The Balaban J connectivity index is 0.00000162. The van der Waals surface area contributed by atoms with Crippen LogP contribution in [-0.4, -0.2) is 37.2 Å². The van der Waals surface area contributed by atoms with Gasteiger partial charge in [0.05, 0.1) is 6.61 Å². The molecule has 0 aromatic heterocycles. The number of rotatable bonds is 4. The monoisotopic (exact) mass is 270 g/mol. The molecule has 1 heterocycles. The Morgan fingerprint density at radius 2 is 2.06 bits per heavy atom. The van der Waals surface area contributed by atoms with Gasteiger partial charge in [0.2, 0.25) is 0 Å². The van der Waals surface area contributed by atoms with Crippen molar-refractivity contribution >= 4 is 12.4 Å². The lowest BCUT2D eigenvalue weighted by Crippen LogP contribution is -2.48. The van der Waals surface area contributed by atoms with Crippen molar-refractivity contribution in [2.45, 2.75) is 26.4 Å². The molecule has 1 N–H and O–H groups in total. The molecular formula is C14H23ClN2O. The number of benzene rings is 1. The fourth-order valence-corrected chi connectivity index (χ4v) is 2.27. The van der Waals surface area contributed by atoms with Gasteiger partial charge in [-0.05, 0) is 31.5 Å². The normalized spacial score (nSPS) is 20.2. The number of hydrogen-bond donors (Lipinski definition) is 1. The lowest BCUT2D eigenvalue weighted by Gasteiger charge is -2.31. The number of piperazine rings is 1. The molecule has 0 aliphatic carbocycles. The molecule has 1 saturated heterocycles. The molecule has 0 bridgehead atoms. The SMILES string of the molecule is CCOc1ccc(CN2CCNC(C)C2)cc1.Cl. The summed E-state index contributed by atoms with van der Waals surface area (Å²) in [7, 11) is 0. The van der Waals surface area contributed by atoms with E-state index in [-0.39, 0.29) is 12.4 Å². The van der Waals surface area contributed by atoms with Crippen molar-refractivity contribution in [2.75, 3.05) is 26.2 Å². The number of hydrogen-bond acceptors (Lipinski definition) is 3. The van der Waals surface area contributed by atoms with Crippen molar-refractivity contribution in [1.29, 1.82) is 0 Å². The molecular weight excluding hydrogens is 248 g/mol. The van der Waals surface area contributed by atoms with Gasteiger partial charge in [-0.1, -0.05) is 12.1 Å². The molecule has 0 spiro atoms. The lowest BCUT2D eigenvalue weighted by atomic mass is 10.1. The van der Waals surface area contributed by atoms with E-state index >= 15 is 0 Å². The highest BCUT2D eigenvalue weighted by Crippen LogP contribution is 2.14. The van der Waals surface area contributed by atoms with Gasteiger partial charge >= 0.3 is 0 Å².